The third-order valence-corrected chi connectivity index (χ3v) is 3.86. The lowest BCUT2D eigenvalue weighted by Gasteiger charge is -2.25. The number of rotatable bonds is 6. The van der Waals surface area contributed by atoms with E-state index in [1.165, 1.54) is 11.1 Å². The summed E-state index contributed by atoms with van der Waals surface area (Å²) in [5, 5.41) is 4.45. The molecule has 0 saturated heterocycles. The zero-order chi connectivity index (χ0) is 15.3. The number of furan rings is 1. The summed E-state index contributed by atoms with van der Waals surface area (Å²) in [5.41, 5.74) is 2.57. The lowest BCUT2D eigenvalue weighted by Crippen LogP contribution is -2.40. The molecular formula is C18H24ClNO. The van der Waals surface area contributed by atoms with Crippen LogP contribution in [-0.2, 0) is 12.8 Å². The monoisotopic (exact) mass is 305 g/mol. The van der Waals surface area contributed by atoms with Gasteiger partial charge in [0.25, 0.3) is 0 Å². The summed E-state index contributed by atoms with van der Waals surface area (Å²) in [5.74, 6) is 0.488. The lowest BCUT2D eigenvalue weighted by atomic mass is 9.92. The van der Waals surface area contributed by atoms with Gasteiger partial charge in [0.2, 0.25) is 0 Å². The van der Waals surface area contributed by atoms with Gasteiger partial charge in [-0.25, -0.2) is 0 Å². The molecule has 0 spiro atoms. The number of benzene rings is 1. The van der Waals surface area contributed by atoms with Gasteiger partial charge in [-0.15, -0.1) is 0 Å². The Hall–Kier alpha value is -1.25. The molecule has 2 nitrogen and oxygen atoms in total. The fourth-order valence-electron chi connectivity index (χ4n) is 2.38. The molecule has 0 bridgehead atoms. The van der Waals surface area contributed by atoms with Crippen molar-refractivity contribution in [3.05, 3.63) is 59.0 Å². The first-order valence-corrected chi connectivity index (χ1v) is 7.81. The summed E-state index contributed by atoms with van der Waals surface area (Å²) in [6.45, 7) is 7.53. The van der Waals surface area contributed by atoms with Crippen molar-refractivity contribution >= 4 is 11.6 Å². The van der Waals surface area contributed by atoms with Crippen LogP contribution in [-0.4, -0.2) is 12.1 Å². The maximum absolute atomic E-state index is 6.30. The minimum absolute atomic E-state index is 0.120. The molecule has 1 aromatic carbocycles. The molecule has 0 saturated carbocycles. The van der Waals surface area contributed by atoms with Gasteiger partial charge in [-0.05, 0) is 69.3 Å². The van der Waals surface area contributed by atoms with Crippen LogP contribution < -0.4 is 5.32 Å². The molecule has 0 aliphatic rings. The second-order valence-corrected chi connectivity index (χ2v) is 7.04. The van der Waals surface area contributed by atoms with Crippen LogP contribution in [0.1, 0.15) is 31.9 Å². The van der Waals surface area contributed by atoms with Gasteiger partial charge in [-0.1, -0.05) is 29.8 Å². The van der Waals surface area contributed by atoms with Crippen LogP contribution in [0, 0.1) is 5.92 Å². The van der Waals surface area contributed by atoms with Gasteiger partial charge < -0.3 is 9.73 Å². The highest BCUT2D eigenvalue weighted by Crippen LogP contribution is 2.21. The Kier molecular flexibility index (Phi) is 5.49. The first kappa shape index (κ1) is 16.1. The largest absolute Gasteiger partial charge is 0.472 e. The average Bonchev–Trinajstić information content (AvgIpc) is 2.90. The van der Waals surface area contributed by atoms with Gasteiger partial charge >= 0.3 is 0 Å². The summed E-state index contributed by atoms with van der Waals surface area (Å²) in [6, 6.07) is 10.1. The molecule has 2 aromatic rings. The van der Waals surface area contributed by atoms with Crippen LogP contribution in [0.5, 0.6) is 0 Å². The van der Waals surface area contributed by atoms with Crippen LogP contribution in [0.4, 0.5) is 0 Å². The zero-order valence-electron chi connectivity index (χ0n) is 13.0. The van der Waals surface area contributed by atoms with Crippen molar-refractivity contribution in [2.24, 2.45) is 5.92 Å². The molecule has 0 fully saturated rings. The van der Waals surface area contributed by atoms with Crippen LogP contribution >= 0.6 is 11.6 Å². The predicted octanol–water partition coefficient (Wildman–Crippen LogP) is 4.72. The van der Waals surface area contributed by atoms with Crippen molar-refractivity contribution in [3.8, 4) is 0 Å². The van der Waals surface area contributed by atoms with E-state index >= 15 is 0 Å². The molecular weight excluding hydrogens is 282 g/mol. The minimum atomic E-state index is 0.120. The first-order chi connectivity index (χ1) is 9.94. The molecule has 0 aliphatic heterocycles. The molecule has 1 N–H and O–H groups in total. The molecule has 2 rings (SSSR count). The van der Waals surface area contributed by atoms with E-state index in [4.69, 9.17) is 16.0 Å². The van der Waals surface area contributed by atoms with Gasteiger partial charge in [-0.3, -0.25) is 0 Å². The Morgan fingerprint density at radius 3 is 2.52 bits per heavy atom. The van der Waals surface area contributed by atoms with Crippen molar-refractivity contribution in [2.45, 2.75) is 39.2 Å². The van der Waals surface area contributed by atoms with Gasteiger partial charge in [0.15, 0.2) is 0 Å². The zero-order valence-corrected chi connectivity index (χ0v) is 13.8. The summed E-state index contributed by atoms with van der Waals surface area (Å²) in [4.78, 5) is 0. The number of hydrogen-bond donors (Lipinski definition) is 1. The molecule has 1 unspecified atom stereocenters. The van der Waals surface area contributed by atoms with E-state index < -0.39 is 0 Å². The maximum Gasteiger partial charge on any atom is 0.0934 e. The number of halogens is 1. The SMILES string of the molecule is CC(C)(C)NCC(Cc1ccoc1)Cc1ccccc1Cl. The molecule has 0 radical (unpaired) electrons. The molecule has 0 aliphatic carbocycles. The van der Waals surface area contributed by atoms with E-state index in [2.05, 4.69) is 32.2 Å². The van der Waals surface area contributed by atoms with Crippen molar-refractivity contribution in [1.82, 2.24) is 5.32 Å². The Bertz CT molecular complexity index is 543. The van der Waals surface area contributed by atoms with Crippen molar-refractivity contribution in [2.75, 3.05) is 6.54 Å². The third-order valence-electron chi connectivity index (χ3n) is 3.49. The summed E-state index contributed by atoms with van der Waals surface area (Å²) in [7, 11) is 0. The van der Waals surface area contributed by atoms with Crippen LogP contribution in [0.25, 0.3) is 0 Å². The van der Waals surface area contributed by atoms with Crippen LogP contribution in [0.3, 0.4) is 0 Å². The van der Waals surface area contributed by atoms with Gasteiger partial charge in [0.1, 0.15) is 0 Å². The smallest absolute Gasteiger partial charge is 0.0934 e. The highest BCUT2D eigenvalue weighted by Gasteiger charge is 2.17. The van der Waals surface area contributed by atoms with Gasteiger partial charge in [-0.2, -0.15) is 0 Å². The number of hydrogen-bond acceptors (Lipinski definition) is 2. The second kappa shape index (κ2) is 7.15. The average molecular weight is 306 g/mol. The fraction of sp³-hybridized carbons (Fsp3) is 0.444. The van der Waals surface area contributed by atoms with E-state index in [1.54, 1.807) is 6.26 Å². The van der Waals surface area contributed by atoms with Crippen LogP contribution in [0.15, 0.2) is 47.3 Å². The molecule has 1 heterocycles. The predicted molar refractivity (Wildman–Crippen MR) is 88.8 cm³/mol. The lowest BCUT2D eigenvalue weighted by molar-refractivity contribution is 0.366. The normalized spacial score (nSPS) is 13.3. The molecule has 21 heavy (non-hydrogen) atoms. The van der Waals surface area contributed by atoms with Crippen molar-refractivity contribution < 1.29 is 4.42 Å². The van der Waals surface area contributed by atoms with E-state index in [9.17, 15) is 0 Å². The summed E-state index contributed by atoms with van der Waals surface area (Å²) in [6.07, 6.45) is 5.52. The van der Waals surface area contributed by atoms with E-state index in [1.807, 2.05) is 30.5 Å². The fourth-order valence-corrected chi connectivity index (χ4v) is 2.60. The summed E-state index contributed by atoms with van der Waals surface area (Å²) >= 11 is 6.30. The van der Waals surface area contributed by atoms with Crippen molar-refractivity contribution in [3.63, 3.8) is 0 Å². The van der Waals surface area contributed by atoms with Gasteiger partial charge in [0.05, 0.1) is 12.5 Å². The second-order valence-electron chi connectivity index (χ2n) is 6.63. The Balaban J connectivity index is 2.06. The molecule has 3 heteroatoms. The number of nitrogens with one attached hydrogen (secondary N) is 1. The molecule has 1 aromatic heterocycles. The van der Waals surface area contributed by atoms with E-state index in [-0.39, 0.29) is 5.54 Å². The van der Waals surface area contributed by atoms with Crippen LogP contribution in [0.2, 0.25) is 5.02 Å². The Morgan fingerprint density at radius 2 is 1.90 bits per heavy atom. The van der Waals surface area contributed by atoms with Crippen molar-refractivity contribution in [1.29, 1.82) is 0 Å². The third kappa shape index (κ3) is 5.56. The van der Waals surface area contributed by atoms with E-state index in [0.717, 1.165) is 24.4 Å². The molecule has 114 valence electrons. The molecule has 1 atom stereocenters. The Labute approximate surface area is 132 Å². The standard InChI is InChI=1S/C18H24ClNO/c1-18(2,3)20-12-15(10-14-8-9-21-13-14)11-16-6-4-5-7-17(16)19/h4-9,13,15,20H,10-12H2,1-3H3. The molecule has 0 amide bonds. The summed E-state index contributed by atoms with van der Waals surface area (Å²) < 4.78 is 5.19. The maximum atomic E-state index is 6.30. The minimum Gasteiger partial charge on any atom is -0.472 e. The topological polar surface area (TPSA) is 25.2 Å². The van der Waals surface area contributed by atoms with Gasteiger partial charge in [0, 0.05) is 10.6 Å². The highest BCUT2D eigenvalue weighted by atomic mass is 35.5. The van der Waals surface area contributed by atoms with E-state index in [0.29, 0.717) is 5.92 Å². The quantitative estimate of drug-likeness (QED) is 0.835. The first-order valence-electron chi connectivity index (χ1n) is 7.43. The Morgan fingerprint density at radius 1 is 1.14 bits per heavy atom. The highest BCUT2D eigenvalue weighted by molar-refractivity contribution is 6.31.